The van der Waals surface area contributed by atoms with Gasteiger partial charge in [0.05, 0.1) is 30.8 Å². The van der Waals surface area contributed by atoms with E-state index >= 15 is 0 Å². The second-order valence-electron chi connectivity index (χ2n) is 5.73. The summed E-state index contributed by atoms with van der Waals surface area (Å²) in [6.07, 6.45) is 1.30. The van der Waals surface area contributed by atoms with Gasteiger partial charge in [0.15, 0.2) is 17.2 Å². The number of benzene rings is 2. The van der Waals surface area contributed by atoms with Crippen molar-refractivity contribution in [2.45, 2.75) is 6.92 Å². The summed E-state index contributed by atoms with van der Waals surface area (Å²) < 4.78 is 15.5. The fraction of sp³-hybridized carbons (Fsp3) is 0.158. The largest absolute Gasteiger partial charge is 0.493 e. The molecular weight excluding hydrogens is 352 g/mol. The van der Waals surface area contributed by atoms with Crippen molar-refractivity contribution in [3.8, 4) is 11.5 Å². The number of cyclic esters (lactones) is 1. The van der Waals surface area contributed by atoms with E-state index in [0.717, 1.165) is 5.56 Å². The fourth-order valence-corrected chi connectivity index (χ4v) is 2.53. The molecule has 0 saturated heterocycles. The lowest BCUT2D eigenvalue weighted by atomic mass is 10.1. The molecule has 0 unspecified atom stereocenters. The summed E-state index contributed by atoms with van der Waals surface area (Å²) in [5.41, 5.74) is 1.56. The third-order valence-corrected chi connectivity index (χ3v) is 3.94. The number of nitrogens with zero attached hydrogens (tertiary/aromatic N) is 2. The smallest absolute Gasteiger partial charge is 0.363 e. The van der Waals surface area contributed by atoms with Crippen LogP contribution < -0.4 is 9.47 Å². The van der Waals surface area contributed by atoms with Gasteiger partial charge in [0, 0.05) is 5.56 Å². The first-order chi connectivity index (χ1) is 12.9. The van der Waals surface area contributed by atoms with Crippen LogP contribution in [0.4, 0.5) is 5.69 Å². The lowest BCUT2D eigenvalue weighted by molar-refractivity contribution is -0.385. The molecule has 0 amide bonds. The molecule has 2 aromatic rings. The van der Waals surface area contributed by atoms with E-state index in [4.69, 9.17) is 14.2 Å². The highest BCUT2D eigenvalue weighted by Crippen LogP contribution is 2.36. The lowest BCUT2D eigenvalue weighted by Crippen LogP contribution is -2.05. The summed E-state index contributed by atoms with van der Waals surface area (Å²) >= 11 is 0. The minimum absolute atomic E-state index is 0.0408. The summed E-state index contributed by atoms with van der Waals surface area (Å²) in [5.74, 6) is -0.0303. The Kier molecular flexibility index (Phi) is 4.89. The molecule has 1 aliphatic heterocycles. The molecular formula is C19H16N2O6. The molecule has 0 N–H and O–H groups in total. The molecule has 2 aromatic carbocycles. The number of hydrogen-bond acceptors (Lipinski definition) is 7. The van der Waals surface area contributed by atoms with E-state index in [1.165, 1.54) is 32.4 Å². The molecule has 0 aliphatic carbocycles. The Hall–Kier alpha value is -3.68. The number of ether oxygens (including phenoxy) is 3. The van der Waals surface area contributed by atoms with Gasteiger partial charge in [0.25, 0.3) is 5.69 Å². The number of carbonyl (C=O) groups is 1. The monoisotopic (exact) mass is 368 g/mol. The Morgan fingerprint density at radius 2 is 1.74 bits per heavy atom. The molecule has 0 spiro atoms. The van der Waals surface area contributed by atoms with Crippen LogP contribution in [-0.4, -0.2) is 31.0 Å². The number of rotatable bonds is 5. The van der Waals surface area contributed by atoms with E-state index in [1.807, 2.05) is 19.1 Å². The Balaban J connectivity index is 2.06. The summed E-state index contributed by atoms with van der Waals surface area (Å²) in [6, 6.07) is 9.94. The van der Waals surface area contributed by atoms with Crippen molar-refractivity contribution in [2.75, 3.05) is 14.2 Å². The van der Waals surface area contributed by atoms with Crippen LogP contribution in [0.15, 0.2) is 47.1 Å². The van der Waals surface area contributed by atoms with E-state index < -0.39 is 10.9 Å². The van der Waals surface area contributed by atoms with Gasteiger partial charge in [-0.1, -0.05) is 17.7 Å². The third kappa shape index (κ3) is 3.64. The minimum atomic E-state index is -0.686. The zero-order valence-corrected chi connectivity index (χ0v) is 14.9. The summed E-state index contributed by atoms with van der Waals surface area (Å²) in [4.78, 5) is 27.2. The molecule has 27 heavy (non-hydrogen) atoms. The summed E-state index contributed by atoms with van der Waals surface area (Å²) in [6.45, 7) is 1.94. The zero-order valence-electron chi connectivity index (χ0n) is 14.9. The predicted molar refractivity (Wildman–Crippen MR) is 98.0 cm³/mol. The van der Waals surface area contributed by atoms with Gasteiger partial charge in [-0.3, -0.25) is 10.1 Å². The third-order valence-electron chi connectivity index (χ3n) is 3.94. The molecule has 0 saturated carbocycles. The van der Waals surface area contributed by atoms with Gasteiger partial charge in [-0.2, -0.15) is 0 Å². The topological polar surface area (TPSA) is 100 Å². The molecule has 0 fully saturated rings. The van der Waals surface area contributed by atoms with E-state index in [9.17, 15) is 14.9 Å². The SMILES string of the molecule is COc1cc(/C=C2\N=C(c3ccc(C)cc3)OC2=O)c([N+](=O)[O-])cc1OC. The van der Waals surface area contributed by atoms with E-state index in [0.29, 0.717) is 11.3 Å². The van der Waals surface area contributed by atoms with Gasteiger partial charge in [-0.05, 0) is 31.2 Å². The van der Waals surface area contributed by atoms with Crippen LogP contribution >= 0.6 is 0 Å². The number of aryl methyl sites for hydroxylation is 1. The average Bonchev–Trinajstić information content (AvgIpc) is 3.02. The quantitative estimate of drug-likeness (QED) is 0.347. The first-order valence-electron chi connectivity index (χ1n) is 7.93. The molecule has 0 bridgehead atoms. The van der Waals surface area contributed by atoms with Crippen LogP contribution in [-0.2, 0) is 9.53 Å². The van der Waals surface area contributed by atoms with E-state index in [1.54, 1.807) is 12.1 Å². The van der Waals surface area contributed by atoms with Gasteiger partial charge >= 0.3 is 5.97 Å². The van der Waals surface area contributed by atoms with Gasteiger partial charge in [0.2, 0.25) is 5.90 Å². The normalized spacial score (nSPS) is 14.7. The minimum Gasteiger partial charge on any atom is -0.493 e. The van der Waals surface area contributed by atoms with Crippen LogP contribution in [0.2, 0.25) is 0 Å². The summed E-state index contributed by atoms with van der Waals surface area (Å²) in [7, 11) is 2.80. The maximum absolute atomic E-state index is 12.2. The molecule has 0 atom stereocenters. The molecule has 138 valence electrons. The van der Waals surface area contributed by atoms with E-state index in [-0.39, 0.29) is 28.6 Å². The molecule has 0 aromatic heterocycles. The highest BCUT2D eigenvalue weighted by molar-refractivity contribution is 6.13. The van der Waals surface area contributed by atoms with Crippen LogP contribution in [0.3, 0.4) is 0 Å². The van der Waals surface area contributed by atoms with Crippen LogP contribution in [0.5, 0.6) is 11.5 Å². The number of nitro groups is 1. The second-order valence-corrected chi connectivity index (χ2v) is 5.73. The van der Waals surface area contributed by atoms with Gasteiger partial charge < -0.3 is 14.2 Å². The maximum Gasteiger partial charge on any atom is 0.363 e. The maximum atomic E-state index is 12.2. The van der Waals surface area contributed by atoms with E-state index in [2.05, 4.69) is 4.99 Å². The number of carbonyl (C=O) groups excluding carboxylic acids is 1. The Morgan fingerprint density at radius 3 is 2.33 bits per heavy atom. The average molecular weight is 368 g/mol. The molecule has 8 heteroatoms. The molecule has 3 rings (SSSR count). The van der Waals surface area contributed by atoms with Crippen molar-refractivity contribution in [1.29, 1.82) is 0 Å². The van der Waals surface area contributed by atoms with Crippen molar-refractivity contribution in [3.63, 3.8) is 0 Å². The van der Waals surface area contributed by atoms with Gasteiger partial charge in [0.1, 0.15) is 0 Å². The van der Waals surface area contributed by atoms with Crippen molar-refractivity contribution in [3.05, 3.63) is 68.9 Å². The van der Waals surface area contributed by atoms with Crippen molar-refractivity contribution >= 4 is 23.6 Å². The Bertz CT molecular complexity index is 976. The standard InChI is InChI=1S/C19H16N2O6/c1-11-4-6-12(7-5-11)18-20-14(19(22)27-18)8-13-9-16(25-2)17(26-3)10-15(13)21(23)24/h4-10H,1-3H3/b14-8-. The number of aliphatic imine (C=N–C) groups is 1. The first kappa shape index (κ1) is 18.1. The molecule has 8 nitrogen and oxygen atoms in total. The predicted octanol–water partition coefficient (Wildman–Crippen LogP) is 3.26. The Morgan fingerprint density at radius 1 is 1.11 bits per heavy atom. The molecule has 0 radical (unpaired) electrons. The molecule has 1 aliphatic rings. The second kappa shape index (κ2) is 7.28. The van der Waals surface area contributed by atoms with Gasteiger partial charge in [-0.15, -0.1) is 0 Å². The van der Waals surface area contributed by atoms with Crippen molar-refractivity contribution in [1.82, 2.24) is 0 Å². The fourth-order valence-electron chi connectivity index (χ4n) is 2.53. The molecule has 1 heterocycles. The highest BCUT2D eigenvalue weighted by atomic mass is 16.6. The number of hydrogen-bond donors (Lipinski definition) is 0. The van der Waals surface area contributed by atoms with Crippen molar-refractivity contribution in [2.24, 2.45) is 4.99 Å². The summed E-state index contributed by atoms with van der Waals surface area (Å²) in [5, 5.41) is 11.4. The van der Waals surface area contributed by atoms with Crippen LogP contribution in [0.25, 0.3) is 6.08 Å². The number of nitro benzene ring substituents is 1. The zero-order chi connectivity index (χ0) is 19.6. The Labute approximate surface area is 154 Å². The van der Waals surface area contributed by atoms with Crippen molar-refractivity contribution < 1.29 is 23.9 Å². The highest BCUT2D eigenvalue weighted by Gasteiger charge is 2.26. The first-order valence-corrected chi connectivity index (χ1v) is 7.93. The lowest BCUT2D eigenvalue weighted by Gasteiger charge is -2.08. The number of esters is 1. The van der Waals surface area contributed by atoms with Crippen LogP contribution in [0, 0.1) is 17.0 Å². The number of methoxy groups -OCH3 is 2. The van der Waals surface area contributed by atoms with Crippen LogP contribution in [0.1, 0.15) is 16.7 Å². The van der Waals surface area contributed by atoms with Gasteiger partial charge in [-0.25, -0.2) is 9.79 Å².